The molecule has 0 atom stereocenters. The fourth-order valence-corrected chi connectivity index (χ4v) is 2.91. The number of hydrogen-bond acceptors (Lipinski definition) is 4. The molecule has 1 aliphatic rings. The predicted molar refractivity (Wildman–Crippen MR) is 109 cm³/mol. The average Bonchev–Trinajstić information content (AvgIpc) is 2.83. The first-order valence-corrected chi connectivity index (χ1v) is 8.98. The Hall–Kier alpha value is -2.44. The molecule has 6 heteroatoms. The molecule has 1 fully saturated rings. The van der Waals surface area contributed by atoms with E-state index in [-0.39, 0.29) is 24.0 Å². The van der Waals surface area contributed by atoms with Crippen molar-refractivity contribution in [1.82, 2.24) is 0 Å². The maximum Gasteiger partial charge on any atom is 0.494 e. The minimum Gasteiger partial charge on any atom is -0.399 e. The maximum absolute atomic E-state index is 10.7. The lowest BCUT2D eigenvalue weighted by Gasteiger charge is -2.32. The lowest BCUT2D eigenvalue weighted by molar-refractivity contribution is -0.384. The fraction of sp³-hybridized carbons (Fsp3) is 0.333. The molecule has 0 amide bonds. The van der Waals surface area contributed by atoms with Gasteiger partial charge in [0, 0.05) is 12.1 Å². The molecule has 2 aromatic carbocycles. The van der Waals surface area contributed by atoms with Crippen LogP contribution in [0, 0.1) is 10.1 Å². The third-order valence-corrected chi connectivity index (χ3v) is 5.38. The SMILES string of the molecule is CC(=Cc1ccc([N+](=O)[O-])cc1)c1ccc(B2OC(C)(C)C(C)(C)O2)cc1. The van der Waals surface area contributed by atoms with Crippen molar-refractivity contribution in [3.05, 3.63) is 69.8 Å². The Morgan fingerprint density at radius 1 is 0.963 bits per heavy atom. The Morgan fingerprint density at radius 2 is 1.48 bits per heavy atom. The molecule has 0 bridgehead atoms. The lowest BCUT2D eigenvalue weighted by atomic mass is 9.78. The minimum absolute atomic E-state index is 0.0940. The second kappa shape index (κ2) is 6.95. The highest BCUT2D eigenvalue weighted by Crippen LogP contribution is 2.36. The normalized spacial score (nSPS) is 18.6. The van der Waals surface area contributed by atoms with Gasteiger partial charge in [-0.2, -0.15) is 0 Å². The van der Waals surface area contributed by atoms with Crippen molar-refractivity contribution in [2.24, 2.45) is 0 Å². The second-order valence-corrected chi connectivity index (χ2v) is 7.89. The zero-order valence-corrected chi connectivity index (χ0v) is 16.4. The monoisotopic (exact) mass is 365 g/mol. The van der Waals surface area contributed by atoms with Crippen molar-refractivity contribution in [1.29, 1.82) is 0 Å². The number of allylic oxidation sites excluding steroid dienone is 1. The van der Waals surface area contributed by atoms with E-state index in [0.717, 1.165) is 22.2 Å². The molecule has 3 rings (SSSR count). The van der Waals surface area contributed by atoms with Crippen LogP contribution in [0.2, 0.25) is 0 Å². The van der Waals surface area contributed by atoms with Crippen molar-refractivity contribution < 1.29 is 14.2 Å². The molecule has 2 aromatic rings. The number of nitro groups is 1. The first-order valence-electron chi connectivity index (χ1n) is 8.98. The quantitative estimate of drug-likeness (QED) is 0.348. The van der Waals surface area contributed by atoms with Gasteiger partial charge in [-0.05, 0) is 68.9 Å². The van der Waals surface area contributed by atoms with Crippen molar-refractivity contribution in [3.8, 4) is 0 Å². The van der Waals surface area contributed by atoms with Gasteiger partial charge < -0.3 is 9.31 Å². The summed E-state index contributed by atoms with van der Waals surface area (Å²) in [7, 11) is -0.372. The molecule has 0 aliphatic carbocycles. The molecule has 0 N–H and O–H groups in total. The molecule has 140 valence electrons. The zero-order valence-electron chi connectivity index (χ0n) is 16.4. The standard InChI is InChI=1S/C21H24BNO4/c1-15(14-16-6-12-19(13-7-16)23(24)25)17-8-10-18(11-9-17)22-26-20(2,3)21(4,5)27-22/h6-14H,1-5H3. The van der Waals surface area contributed by atoms with E-state index in [1.807, 2.05) is 65.0 Å². The van der Waals surface area contributed by atoms with E-state index in [2.05, 4.69) is 0 Å². The number of hydrogen-bond donors (Lipinski definition) is 0. The van der Waals surface area contributed by atoms with E-state index >= 15 is 0 Å². The smallest absolute Gasteiger partial charge is 0.399 e. The van der Waals surface area contributed by atoms with Crippen LogP contribution in [-0.4, -0.2) is 23.2 Å². The third kappa shape index (κ3) is 3.97. The zero-order chi connectivity index (χ0) is 19.8. The van der Waals surface area contributed by atoms with E-state index in [1.54, 1.807) is 12.1 Å². The molecule has 1 saturated heterocycles. The van der Waals surface area contributed by atoms with Crippen LogP contribution in [0.1, 0.15) is 45.7 Å². The van der Waals surface area contributed by atoms with Crippen LogP contribution in [-0.2, 0) is 9.31 Å². The Morgan fingerprint density at radius 3 is 1.96 bits per heavy atom. The van der Waals surface area contributed by atoms with E-state index in [9.17, 15) is 10.1 Å². The lowest BCUT2D eigenvalue weighted by Crippen LogP contribution is -2.41. The molecule has 0 aromatic heterocycles. The predicted octanol–water partition coefficient (Wildman–Crippen LogP) is 4.45. The van der Waals surface area contributed by atoms with Crippen molar-refractivity contribution in [2.45, 2.75) is 45.8 Å². The fourth-order valence-electron chi connectivity index (χ4n) is 2.91. The Balaban J connectivity index is 1.76. The van der Waals surface area contributed by atoms with Gasteiger partial charge in [0.1, 0.15) is 0 Å². The summed E-state index contributed by atoms with van der Waals surface area (Å²) in [5, 5.41) is 10.7. The summed E-state index contributed by atoms with van der Waals surface area (Å²) in [5.41, 5.74) is 3.44. The Bertz CT molecular complexity index is 854. The first kappa shape index (κ1) is 19.3. The third-order valence-electron chi connectivity index (χ3n) is 5.38. The number of benzene rings is 2. The van der Waals surface area contributed by atoms with Crippen LogP contribution in [0.4, 0.5) is 5.69 Å². The van der Waals surface area contributed by atoms with E-state index < -0.39 is 4.92 Å². The molecular formula is C21H24BNO4. The largest absolute Gasteiger partial charge is 0.494 e. The van der Waals surface area contributed by atoms with Crippen LogP contribution in [0.15, 0.2) is 48.5 Å². The summed E-state index contributed by atoms with van der Waals surface area (Å²) in [6.07, 6.45) is 2.01. The summed E-state index contributed by atoms with van der Waals surface area (Å²) in [5.74, 6) is 0. The van der Waals surface area contributed by atoms with Gasteiger partial charge in [0.15, 0.2) is 0 Å². The molecule has 27 heavy (non-hydrogen) atoms. The number of nitrogens with zero attached hydrogens (tertiary/aromatic N) is 1. The van der Waals surface area contributed by atoms with Crippen LogP contribution in [0.25, 0.3) is 11.6 Å². The number of rotatable bonds is 4. The number of nitro benzene ring substituents is 1. The van der Waals surface area contributed by atoms with E-state index in [0.29, 0.717) is 0 Å². The molecule has 0 spiro atoms. The second-order valence-electron chi connectivity index (χ2n) is 7.89. The summed E-state index contributed by atoms with van der Waals surface area (Å²) in [4.78, 5) is 10.4. The van der Waals surface area contributed by atoms with Crippen LogP contribution < -0.4 is 5.46 Å². The minimum atomic E-state index is -0.394. The molecule has 1 heterocycles. The van der Waals surface area contributed by atoms with Gasteiger partial charge in [-0.15, -0.1) is 0 Å². The summed E-state index contributed by atoms with van der Waals surface area (Å²) in [6.45, 7) is 10.2. The van der Waals surface area contributed by atoms with Gasteiger partial charge in [0.25, 0.3) is 5.69 Å². The maximum atomic E-state index is 10.7. The molecule has 0 saturated carbocycles. The van der Waals surface area contributed by atoms with Gasteiger partial charge in [-0.25, -0.2) is 0 Å². The van der Waals surface area contributed by atoms with Gasteiger partial charge in [-0.1, -0.05) is 30.3 Å². The molecule has 1 aliphatic heterocycles. The van der Waals surface area contributed by atoms with Gasteiger partial charge in [-0.3, -0.25) is 10.1 Å². The van der Waals surface area contributed by atoms with Crippen molar-refractivity contribution >= 4 is 29.9 Å². The molecule has 0 unspecified atom stereocenters. The van der Waals surface area contributed by atoms with Gasteiger partial charge in [0.05, 0.1) is 16.1 Å². The highest BCUT2D eigenvalue weighted by atomic mass is 16.7. The molecule has 0 radical (unpaired) electrons. The highest BCUT2D eigenvalue weighted by molar-refractivity contribution is 6.62. The Labute approximate surface area is 160 Å². The first-order chi connectivity index (χ1) is 12.6. The van der Waals surface area contributed by atoms with Crippen LogP contribution in [0.5, 0.6) is 0 Å². The number of non-ortho nitro benzene ring substituents is 1. The summed E-state index contributed by atoms with van der Waals surface area (Å²) in [6, 6.07) is 14.6. The van der Waals surface area contributed by atoms with Crippen molar-refractivity contribution in [3.63, 3.8) is 0 Å². The summed E-state index contributed by atoms with van der Waals surface area (Å²) >= 11 is 0. The molecular weight excluding hydrogens is 341 g/mol. The van der Waals surface area contributed by atoms with Crippen molar-refractivity contribution in [2.75, 3.05) is 0 Å². The topological polar surface area (TPSA) is 61.6 Å². The van der Waals surface area contributed by atoms with E-state index in [4.69, 9.17) is 9.31 Å². The average molecular weight is 365 g/mol. The Kier molecular flexibility index (Phi) is 4.97. The molecule has 5 nitrogen and oxygen atoms in total. The summed E-state index contributed by atoms with van der Waals surface area (Å²) < 4.78 is 12.2. The van der Waals surface area contributed by atoms with Gasteiger partial charge in [0.2, 0.25) is 0 Å². The van der Waals surface area contributed by atoms with E-state index in [1.165, 1.54) is 12.1 Å². The highest BCUT2D eigenvalue weighted by Gasteiger charge is 2.51. The van der Waals surface area contributed by atoms with Gasteiger partial charge >= 0.3 is 7.12 Å². The van der Waals surface area contributed by atoms with Crippen LogP contribution >= 0.6 is 0 Å². The van der Waals surface area contributed by atoms with Crippen LogP contribution in [0.3, 0.4) is 0 Å².